The van der Waals surface area contributed by atoms with Gasteiger partial charge in [-0.15, -0.1) is 0 Å². The first kappa shape index (κ1) is 18.7. The molecule has 0 heterocycles. The maximum absolute atomic E-state index is 5.23. The van der Waals surface area contributed by atoms with E-state index >= 15 is 0 Å². The van der Waals surface area contributed by atoms with Gasteiger partial charge in [0, 0.05) is 12.1 Å². The van der Waals surface area contributed by atoms with Gasteiger partial charge in [-0.2, -0.15) is 5.10 Å². The van der Waals surface area contributed by atoms with Gasteiger partial charge in [-0.05, 0) is 35.7 Å². The highest BCUT2D eigenvalue weighted by Gasteiger charge is 2.06. The van der Waals surface area contributed by atoms with Crippen LogP contribution in [0.5, 0.6) is 5.75 Å². The molecule has 3 nitrogen and oxygen atoms in total. The Balaban J connectivity index is 1.74. The molecule has 27 heavy (non-hydrogen) atoms. The van der Waals surface area contributed by atoms with Gasteiger partial charge >= 0.3 is 0 Å². The van der Waals surface area contributed by atoms with Crippen molar-refractivity contribution in [2.24, 2.45) is 5.10 Å². The Bertz CT molecular complexity index is 801. The van der Waals surface area contributed by atoms with E-state index in [2.05, 4.69) is 72.6 Å². The van der Waals surface area contributed by atoms with Crippen LogP contribution in [0.25, 0.3) is 0 Å². The average Bonchev–Trinajstić information content (AvgIpc) is 2.70. The molecule has 0 fully saturated rings. The third kappa shape index (κ3) is 6.00. The Hall–Kier alpha value is -3.07. The average molecular weight is 358 g/mol. The fraction of sp³-hybridized carbons (Fsp3) is 0.208. The van der Waals surface area contributed by atoms with E-state index in [0.29, 0.717) is 0 Å². The Kier molecular flexibility index (Phi) is 6.64. The lowest BCUT2D eigenvalue weighted by atomic mass is 10.1. The van der Waals surface area contributed by atoms with Crippen molar-refractivity contribution in [3.63, 3.8) is 0 Å². The second-order valence-corrected chi connectivity index (χ2v) is 6.65. The second-order valence-electron chi connectivity index (χ2n) is 6.65. The number of hydrogen-bond donors (Lipinski definition) is 0. The molecule has 3 aromatic carbocycles. The molecule has 3 rings (SSSR count). The monoisotopic (exact) mass is 358 g/mol. The molecule has 3 aromatic rings. The van der Waals surface area contributed by atoms with E-state index in [1.165, 1.54) is 16.7 Å². The predicted octanol–water partition coefficient (Wildman–Crippen LogP) is 5.32. The highest BCUT2D eigenvalue weighted by Crippen LogP contribution is 2.14. The summed E-state index contributed by atoms with van der Waals surface area (Å²) in [6, 6.07) is 29.1. The summed E-state index contributed by atoms with van der Waals surface area (Å²) in [4.78, 5) is 0. The SMILES string of the molecule is COc1ccc(CC(C)=NN(Cc2ccccc2)Cc2ccccc2)cc1. The van der Waals surface area contributed by atoms with Crippen LogP contribution in [0.2, 0.25) is 0 Å². The van der Waals surface area contributed by atoms with Crippen molar-refractivity contribution in [2.45, 2.75) is 26.4 Å². The maximum Gasteiger partial charge on any atom is 0.118 e. The summed E-state index contributed by atoms with van der Waals surface area (Å²) in [7, 11) is 1.69. The third-order valence-corrected chi connectivity index (χ3v) is 4.35. The van der Waals surface area contributed by atoms with Crippen molar-refractivity contribution >= 4 is 5.71 Å². The minimum absolute atomic E-state index is 0.787. The number of nitrogens with zero attached hydrogens (tertiary/aromatic N) is 2. The van der Waals surface area contributed by atoms with E-state index in [0.717, 1.165) is 31.0 Å². The molecule has 0 unspecified atom stereocenters. The molecule has 0 spiro atoms. The maximum atomic E-state index is 5.23. The summed E-state index contributed by atoms with van der Waals surface area (Å²) in [5, 5.41) is 7.07. The van der Waals surface area contributed by atoms with E-state index in [-0.39, 0.29) is 0 Å². The molecule has 138 valence electrons. The van der Waals surface area contributed by atoms with E-state index in [1.54, 1.807) is 7.11 Å². The summed E-state index contributed by atoms with van der Waals surface area (Å²) in [6.45, 7) is 3.67. The molecule has 0 aliphatic rings. The molecule has 0 aliphatic carbocycles. The van der Waals surface area contributed by atoms with Gasteiger partial charge in [0.15, 0.2) is 0 Å². The summed E-state index contributed by atoms with van der Waals surface area (Å²) in [5.74, 6) is 0.878. The van der Waals surface area contributed by atoms with Crippen LogP contribution in [0.4, 0.5) is 0 Å². The molecular weight excluding hydrogens is 332 g/mol. The molecular formula is C24H26N2O. The van der Waals surface area contributed by atoms with Crippen LogP contribution in [0, 0.1) is 0 Å². The number of benzene rings is 3. The van der Waals surface area contributed by atoms with Gasteiger partial charge in [-0.3, -0.25) is 5.01 Å². The molecule has 0 amide bonds. The Morgan fingerprint density at radius 2 is 1.26 bits per heavy atom. The minimum atomic E-state index is 0.787. The molecule has 0 atom stereocenters. The predicted molar refractivity (Wildman–Crippen MR) is 112 cm³/mol. The fourth-order valence-electron chi connectivity index (χ4n) is 3.03. The number of hydrazone groups is 1. The quantitative estimate of drug-likeness (QED) is 0.402. The fourth-order valence-corrected chi connectivity index (χ4v) is 3.03. The van der Waals surface area contributed by atoms with Crippen molar-refractivity contribution in [1.82, 2.24) is 5.01 Å². The van der Waals surface area contributed by atoms with Crippen LogP contribution < -0.4 is 4.74 Å². The molecule has 0 radical (unpaired) electrons. The Labute approximate surface area is 161 Å². The highest BCUT2D eigenvalue weighted by atomic mass is 16.5. The minimum Gasteiger partial charge on any atom is -0.497 e. The molecule has 0 N–H and O–H groups in total. The van der Waals surface area contributed by atoms with Crippen LogP contribution in [0.3, 0.4) is 0 Å². The Morgan fingerprint density at radius 1 is 0.741 bits per heavy atom. The van der Waals surface area contributed by atoms with E-state index in [4.69, 9.17) is 9.84 Å². The molecule has 0 aliphatic heterocycles. The molecule has 0 saturated heterocycles. The van der Waals surface area contributed by atoms with E-state index in [9.17, 15) is 0 Å². The first-order valence-corrected chi connectivity index (χ1v) is 9.23. The van der Waals surface area contributed by atoms with Crippen molar-refractivity contribution < 1.29 is 4.74 Å². The largest absolute Gasteiger partial charge is 0.497 e. The van der Waals surface area contributed by atoms with Crippen LogP contribution >= 0.6 is 0 Å². The van der Waals surface area contributed by atoms with Gasteiger partial charge in [0.2, 0.25) is 0 Å². The van der Waals surface area contributed by atoms with Crippen molar-refractivity contribution in [3.8, 4) is 5.75 Å². The van der Waals surface area contributed by atoms with E-state index < -0.39 is 0 Å². The van der Waals surface area contributed by atoms with Gasteiger partial charge in [0.05, 0.1) is 20.2 Å². The van der Waals surface area contributed by atoms with Crippen LogP contribution in [0.1, 0.15) is 23.6 Å². The lowest BCUT2D eigenvalue weighted by molar-refractivity contribution is 0.270. The van der Waals surface area contributed by atoms with Crippen molar-refractivity contribution in [1.29, 1.82) is 0 Å². The topological polar surface area (TPSA) is 24.8 Å². The van der Waals surface area contributed by atoms with Crippen LogP contribution in [-0.4, -0.2) is 17.8 Å². The smallest absolute Gasteiger partial charge is 0.118 e. The van der Waals surface area contributed by atoms with Gasteiger partial charge < -0.3 is 4.74 Å². The van der Waals surface area contributed by atoms with Gasteiger partial charge in [0.25, 0.3) is 0 Å². The van der Waals surface area contributed by atoms with Gasteiger partial charge in [0.1, 0.15) is 5.75 Å². The summed E-state index contributed by atoms with van der Waals surface area (Å²) >= 11 is 0. The molecule has 0 saturated carbocycles. The lowest BCUT2D eigenvalue weighted by Gasteiger charge is -2.21. The summed E-state index contributed by atoms with van der Waals surface area (Å²) in [6.07, 6.45) is 0.823. The highest BCUT2D eigenvalue weighted by molar-refractivity contribution is 5.83. The van der Waals surface area contributed by atoms with E-state index in [1.807, 2.05) is 24.3 Å². The zero-order valence-corrected chi connectivity index (χ0v) is 16.0. The second kappa shape index (κ2) is 9.58. The first-order chi connectivity index (χ1) is 13.2. The number of hydrogen-bond acceptors (Lipinski definition) is 3. The zero-order valence-electron chi connectivity index (χ0n) is 16.0. The summed E-state index contributed by atoms with van der Waals surface area (Å²) < 4.78 is 5.23. The third-order valence-electron chi connectivity index (χ3n) is 4.35. The number of methoxy groups -OCH3 is 1. The lowest BCUT2D eigenvalue weighted by Crippen LogP contribution is -2.19. The number of rotatable bonds is 8. The number of ether oxygens (including phenoxy) is 1. The zero-order chi connectivity index (χ0) is 18.9. The van der Waals surface area contributed by atoms with Gasteiger partial charge in [-0.25, -0.2) is 0 Å². The van der Waals surface area contributed by atoms with Crippen LogP contribution in [0.15, 0.2) is 90.0 Å². The van der Waals surface area contributed by atoms with Gasteiger partial charge in [-0.1, -0.05) is 72.8 Å². The molecule has 3 heteroatoms. The first-order valence-electron chi connectivity index (χ1n) is 9.23. The normalized spacial score (nSPS) is 11.3. The Morgan fingerprint density at radius 3 is 1.74 bits per heavy atom. The van der Waals surface area contributed by atoms with Crippen LogP contribution in [-0.2, 0) is 19.5 Å². The van der Waals surface area contributed by atoms with Crippen molar-refractivity contribution in [3.05, 3.63) is 102 Å². The van der Waals surface area contributed by atoms with Crippen molar-refractivity contribution in [2.75, 3.05) is 7.11 Å². The summed E-state index contributed by atoms with van der Waals surface area (Å²) in [5.41, 5.74) is 4.84. The standard InChI is InChI=1S/C24H26N2O/c1-20(17-21-13-15-24(27-2)16-14-21)25-26(18-22-9-5-3-6-10-22)19-23-11-7-4-8-12-23/h3-16H,17-19H2,1-2H3. The molecule has 0 aromatic heterocycles. The molecule has 0 bridgehead atoms.